The maximum atomic E-state index is 15.6. The number of aromatic nitrogens is 2. The van der Waals surface area contributed by atoms with E-state index in [-0.39, 0.29) is 54.8 Å². The van der Waals surface area contributed by atoms with Crippen molar-refractivity contribution in [3.8, 4) is 34.0 Å². The summed E-state index contributed by atoms with van der Waals surface area (Å²) < 4.78 is 35.7. The third-order valence-corrected chi connectivity index (χ3v) is 9.46. The summed E-state index contributed by atoms with van der Waals surface area (Å²) in [4.78, 5) is 70.5. The lowest BCUT2D eigenvalue weighted by atomic mass is 10.0. The van der Waals surface area contributed by atoms with Crippen molar-refractivity contribution in [2.45, 2.75) is 71.8 Å². The van der Waals surface area contributed by atoms with E-state index in [1.54, 1.807) is 18.2 Å². The van der Waals surface area contributed by atoms with Crippen LogP contribution in [0.5, 0.6) is 0 Å². The van der Waals surface area contributed by atoms with Crippen molar-refractivity contribution in [1.82, 2.24) is 19.9 Å². The number of benzene rings is 4. The quantitative estimate of drug-likeness (QED) is 0.0430. The number of hydrogen-bond donors (Lipinski definition) is 3. The molecule has 1 atom stereocenters. The number of carboxylic acids is 1. The first kappa shape index (κ1) is 45.1. The minimum absolute atomic E-state index is 0.0420. The van der Waals surface area contributed by atoms with Gasteiger partial charge in [0, 0.05) is 34.3 Å². The molecule has 3 N–H and O–H groups in total. The number of quaternary nitrogens is 1. The minimum Gasteiger partial charge on any atom is -0.480 e. The van der Waals surface area contributed by atoms with Crippen LogP contribution < -0.4 is 15.1 Å². The molecule has 0 aliphatic heterocycles. The van der Waals surface area contributed by atoms with Crippen molar-refractivity contribution in [3.05, 3.63) is 108 Å². The molecule has 1 aromatic heterocycles. The van der Waals surface area contributed by atoms with Gasteiger partial charge in [-0.2, -0.15) is 19.4 Å². The van der Waals surface area contributed by atoms with Crippen LogP contribution >= 0.6 is 0 Å². The van der Waals surface area contributed by atoms with Gasteiger partial charge < -0.3 is 34.5 Å². The number of carbonyl (C=O) groups is 5. The molecule has 15 nitrogen and oxygen atoms in total. The molecule has 4 aromatic carbocycles. The summed E-state index contributed by atoms with van der Waals surface area (Å²) >= 11 is 0. The van der Waals surface area contributed by atoms with E-state index < -0.39 is 46.6 Å². The van der Waals surface area contributed by atoms with Gasteiger partial charge in [-0.3, -0.25) is 0 Å². The number of carbonyl (C=O) groups excluding carboxylic acids is 4. The van der Waals surface area contributed by atoms with E-state index in [2.05, 4.69) is 20.8 Å². The third-order valence-electron chi connectivity index (χ3n) is 9.46. The van der Waals surface area contributed by atoms with Gasteiger partial charge in [0.15, 0.2) is 5.69 Å². The Morgan fingerprint density at radius 1 is 0.721 bits per heavy atom. The van der Waals surface area contributed by atoms with E-state index in [1.807, 2.05) is 57.2 Å². The molecule has 61 heavy (non-hydrogen) atoms. The molecule has 16 heteroatoms. The van der Waals surface area contributed by atoms with Crippen molar-refractivity contribution in [2.75, 3.05) is 25.1 Å². The van der Waals surface area contributed by atoms with Crippen LogP contribution in [-0.4, -0.2) is 71.4 Å². The molecule has 0 radical (unpaired) electrons. The molecule has 320 valence electrons. The number of carboxylic acid groups (broad SMARTS) is 1. The molecule has 0 fully saturated rings. The van der Waals surface area contributed by atoms with Crippen molar-refractivity contribution in [1.29, 1.82) is 0 Å². The topological polar surface area (TPSA) is 196 Å². The number of anilines is 1. The Labute approximate surface area is 352 Å². The standard InChI is InChI=1S/C45H48FN5O10/c1-4-7-24-58-43(55)51(44(56)59-25-8-5-2,45(57)60-26-9-6-3)35-21-19-32(20-22-35)40-49-39(50-61-40)36-23-18-30(27-37(36)46)28-38(41(52)53)48-42(54)47-34-17-13-16-33(29-34)31-14-11-10-12-15-31/h10-23,27,29,38H,4-9,24-26,28H2,1-3H3,(H2-,47,48,52,53,54)/p+1. The molecule has 1 unspecified atom stereocenters. The highest BCUT2D eigenvalue weighted by Gasteiger charge is 2.60. The number of imide groups is 3. The van der Waals surface area contributed by atoms with Crippen LogP contribution in [0.25, 0.3) is 34.0 Å². The van der Waals surface area contributed by atoms with Crippen molar-refractivity contribution < 1.29 is 52.2 Å². The Bertz CT molecular complexity index is 2230. The van der Waals surface area contributed by atoms with Crippen molar-refractivity contribution >= 4 is 41.7 Å². The Morgan fingerprint density at radius 2 is 1.31 bits per heavy atom. The number of ether oxygens (including phenoxy) is 3. The van der Waals surface area contributed by atoms with Crippen LogP contribution in [0.3, 0.4) is 0 Å². The van der Waals surface area contributed by atoms with Crippen LogP contribution in [0.15, 0.2) is 102 Å². The van der Waals surface area contributed by atoms with Crippen LogP contribution in [0, 0.1) is 5.82 Å². The van der Waals surface area contributed by atoms with Gasteiger partial charge in [0.1, 0.15) is 11.9 Å². The van der Waals surface area contributed by atoms with Crippen LogP contribution in [0.2, 0.25) is 0 Å². The van der Waals surface area contributed by atoms with Gasteiger partial charge in [-0.1, -0.05) is 93.7 Å². The van der Waals surface area contributed by atoms with E-state index in [4.69, 9.17) is 18.7 Å². The smallest absolute Gasteiger partial charge is 0.480 e. The molecule has 0 aliphatic rings. The summed E-state index contributed by atoms with van der Waals surface area (Å²) in [5.74, 6) is -2.28. The number of nitrogens with zero attached hydrogens (tertiary/aromatic N) is 3. The zero-order valence-electron chi connectivity index (χ0n) is 34.2. The Hall–Kier alpha value is -6.94. The van der Waals surface area contributed by atoms with Gasteiger partial charge in [0.05, 0.1) is 25.4 Å². The number of urea groups is 1. The maximum Gasteiger partial charge on any atom is 0.543 e. The lowest BCUT2D eigenvalue weighted by Gasteiger charge is -2.26. The molecule has 1 heterocycles. The first-order valence-corrected chi connectivity index (χ1v) is 20.1. The molecule has 5 amide bonds. The fourth-order valence-corrected chi connectivity index (χ4v) is 6.05. The first-order chi connectivity index (χ1) is 29.5. The summed E-state index contributed by atoms with van der Waals surface area (Å²) in [6.45, 7) is 5.56. The first-order valence-electron chi connectivity index (χ1n) is 20.1. The Balaban J connectivity index is 1.32. The van der Waals surface area contributed by atoms with E-state index in [0.29, 0.717) is 49.8 Å². The van der Waals surface area contributed by atoms with Gasteiger partial charge in [0.2, 0.25) is 5.82 Å². The normalized spacial score (nSPS) is 11.6. The highest BCUT2D eigenvalue weighted by Crippen LogP contribution is 2.32. The fourth-order valence-electron chi connectivity index (χ4n) is 6.05. The Kier molecular flexibility index (Phi) is 16.2. The number of nitrogens with one attached hydrogen (secondary N) is 2. The predicted octanol–water partition coefficient (Wildman–Crippen LogP) is 10.1. The Morgan fingerprint density at radius 3 is 1.87 bits per heavy atom. The van der Waals surface area contributed by atoms with E-state index in [0.717, 1.165) is 17.2 Å². The number of unbranched alkanes of at least 4 members (excludes halogenated alkanes) is 3. The highest BCUT2D eigenvalue weighted by molar-refractivity contribution is 6.19. The van der Waals surface area contributed by atoms with Crippen molar-refractivity contribution in [3.63, 3.8) is 0 Å². The summed E-state index contributed by atoms with van der Waals surface area (Å²) in [6.07, 6.45) is -0.211. The number of halogens is 1. The largest absolute Gasteiger partial charge is 0.543 e. The third kappa shape index (κ3) is 11.4. The van der Waals surface area contributed by atoms with E-state index in [1.165, 1.54) is 36.4 Å². The van der Waals surface area contributed by atoms with E-state index in [9.17, 15) is 29.1 Å². The molecule has 0 aliphatic carbocycles. The lowest BCUT2D eigenvalue weighted by Crippen LogP contribution is -2.63. The average Bonchev–Trinajstić information content (AvgIpc) is 3.75. The molecule has 0 bridgehead atoms. The van der Waals surface area contributed by atoms with Crippen LogP contribution in [0.1, 0.15) is 64.9 Å². The highest BCUT2D eigenvalue weighted by atomic mass is 19.1. The van der Waals surface area contributed by atoms with Crippen LogP contribution in [-0.2, 0) is 25.4 Å². The second-order valence-electron chi connectivity index (χ2n) is 14.0. The van der Waals surface area contributed by atoms with Gasteiger partial charge in [-0.15, -0.1) is 0 Å². The fraction of sp³-hybridized carbons (Fsp3) is 0.311. The summed E-state index contributed by atoms with van der Waals surface area (Å²) in [5, 5.41) is 18.9. The number of aliphatic carboxylic acids is 1. The predicted molar refractivity (Wildman–Crippen MR) is 225 cm³/mol. The van der Waals surface area contributed by atoms with Gasteiger partial charge >= 0.3 is 30.3 Å². The molecule has 0 spiro atoms. The minimum atomic E-state index is -1.63. The molecule has 0 saturated carbocycles. The van der Waals surface area contributed by atoms with Gasteiger partial charge in [0.25, 0.3) is 5.89 Å². The molecule has 5 aromatic rings. The zero-order valence-corrected chi connectivity index (χ0v) is 34.2. The summed E-state index contributed by atoms with van der Waals surface area (Å²) in [6, 6.07) is 24.0. The van der Waals surface area contributed by atoms with Gasteiger partial charge in [-0.25, -0.2) is 14.0 Å². The zero-order chi connectivity index (χ0) is 43.8. The second-order valence-corrected chi connectivity index (χ2v) is 14.0. The summed E-state index contributed by atoms with van der Waals surface area (Å²) in [7, 11) is 0. The lowest BCUT2D eigenvalue weighted by molar-refractivity contribution is -0.139. The van der Waals surface area contributed by atoms with Gasteiger partial charge in [-0.05, 0) is 72.4 Å². The van der Waals surface area contributed by atoms with Crippen LogP contribution in [0.4, 0.5) is 34.9 Å². The monoisotopic (exact) mass is 838 g/mol. The number of rotatable bonds is 18. The SMILES string of the molecule is CCCCOC(=O)[N+](C(=O)OCCCC)(C(=O)OCCCC)c1ccc(-c2nc(-c3ccc(CC(NC(=O)Nc4cccc(-c5ccccc5)c4)C(=O)O)cc3F)no2)cc1. The molecule has 0 saturated heterocycles. The molecular weight excluding hydrogens is 790 g/mol. The summed E-state index contributed by atoms with van der Waals surface area (Å²) in [5.41, 5.74) is 2.66. The van der Waals surface area contributed by atoms with Crippen molar-refractivity contribution in [2.24, 2.45) is 0 Å². The average molecular weight is 839 g/mol. The van der Waals surface area contributed by atoms with E-state index >= 15 is 4.39 Å². The molecular formula is C45H49FN5O10+. The molecule has 5 rings (SSSR count). The second kappa shape index (κ2) is 21.9. The maximum absolute atomic E-state index is 15.6. The number of amides is 5. The number of hydrogen-bond acceptors (Lipinski definition) is 11.